The Morgan fingerprint density at radius 3 is 2.81 bits per heavy atom. The van der Waals surface area contributed by atoms with Gasteiger partial charge in [0.2, 0.25) is 5.95 Å². The molecule has 4 heterocycles. The fraction of sp³-hybridized carbons (Fsp3) is 0.556. The number of fused-ring (bicyclic) bond motifs is 1. The number of nitrogens with zero attached hydrogens (tertiary/aromatic N) is 6. The van der Waals surface area contributed by atoms with E-state index in [4.69, 9.17) is 9.72 Å². The zero-order valence-corrected chi connectivity index (χ0v) is 16.1. The number of hydrogen-bond acceptors (Lipinski definition) is 6. The third-order valence-electron chi connectivity index (χ3n) is 4.65. The van der Waals surface area contributed by atoms with Crippen LogP contribution in [0.2, 0.25) is 0 Å². The number of aryl methyl sites for hydroxylation is 1. The lowest BCUT2D eigenvalue weighted by Crippen LogP contribution is -2.45. The second kappa shape index (κ2) is 6.49. The molecule has 9 nitrogen and oxygen atoms in total. The van der Waals surface area contributed by atoms with Gasteiger partial charge in [0.05, 0.1) is 37.2 Å². The Balaban J connectivity index is 1.62. The smallest absolute Gasteiger partial charge is 0.263 e. The molecular weight excluding hydrogens is 346 g/mol. The predicted molar refractivity (Wildman–Crippen MR) is 102 cm³/mol. The zero-order chi connectivity index (χ0) is 19.2. The lowest BCUT2D eigenvalue weighted by Gasteiger charge is -2.33. The van der Waals surface area contributed by atoms with Crippen molar-refractivity contribution >= 4 is 17.0 Å². The van der Waals surface area contributed by atoms with Gasteiger partial charge in [0.15, 0.2) is 5.65 Å². The van der Waals surface area contributed by atoms with Crippen molar-refractivity contribution in [1.29, 1.82) is 0 Å². The van der Waals surface area contributed by atoms with Gasteiger partial charge in [0.1, 0.15) is 5.39 Å². The van der Waals surface area contributed by atoms with E-state index in [0.29, 0.717) is 43.2 Å². The molecule has 1 N–H and O–H groups in total. The van der Waals surface area contributed by atoms with E-state index < -0.39 is 0 Å². The number of aromatic amines is 1. The van der Waals surface area contributed by atoms with Crippen LogP contribution in [-0.4, -0.2) is 55.3 Å². The summed E-state index contributed by atoms with van der Waals surface area (Å²) in [6.45, 7) is 10.7. The molecule has 4 rings (SSSR count). The number of rotatable bonds is 3. The third-order valence-corrected chi connectivity index (χ3v) is 4.65. The highest BCUT2D eigenvalue weighted by Crippen LogP contribution is 2.20. The molecule has 0 saturated carbocycles. The van der Waals surface area contributed by atoms with Crippen LogP contribution in [0.5, 0.6) is 0 Å². The summed E-state index contributed by atoms with van der Waals surface area (Å²) in [6.07, 6.45) is 5.39. The second-order valence-electron chi connectivity index (χ2n) is 8.03. The van der Waals surface area contributed by atoms with E-state index >= 15 is 0 Å². The second-order valence-corrected chi connectivity index (χ2v) is 8.03. The SMILES string of the molecule is Cc1cnn(CC2CN(c3nc4c(cnn4C(C)(C)C)c(=O)[nH]3)CCO2)c1. The maximum Gasteiger partial charge on any atom is 0.263 e. The highest BCUT2D eigenvalue weighted by molar-refractivity contribution is 5.74. The van der Waals surface area contributed by atoms with Crippen molar-refractivity contribution < 1.29 is 4.74 Å². The summed E-state index contributed by atoms with van der Waals surface area (Å²) in [4.78, 5) is 22.2. The predicted octanol–water partition coefficient (Wildman–Crippen LogP) is 1.28. The Morgan fingerprint density at radius 2 is 2.11 bits per heavy atom. The molecule has 0 aliphatic carbocycles. The fourth-order valence-electron chi connectivity index (χ4n) is 3.35. The molecule has 0 radical (unpaired) electrons. The summed E-state index contributed by atoms with van der Waals surface area (Å²) in [7, 11) is 0. The molecule has 3 aromatic rings. The number of anilines is 1. The van der Waals surface area contributed by atoms with E-state index in [1.54, 1.807) is 10.9 Å². The van der Waals surface area contributed by atoms with Crippen LogP contribution in [0.15, 0.2) is 23.4 Å². The standard InChI is InChI=1S/C18H25N7O2/c1-12-7-19-24(9-12)11-13-10-23(5-6-27-13)17-21-15-14(16(26)22-17)8-20-25(15)18(2,3)4/h7-9,13H,5-6,10-11H2,1-4H3,(H,21,22,26). The van der Waals surface area contributed by atoms with Crippen LogP contribution in [0.25, 0.3) is 11.0 Å². The zero-order valence-electron chi connectivity index (χ0n) is 16.1. The quantitative estimate of drug-likeness (QED) is 0.745. The highest BCUT2D eigenvalue weighted by Gasteiger charge is 2.25. The van der Waals surface area contributed by atoms with Crippen molar-refractivity contribution in [3.05, 3.63) is 34.5 Å². The summed E-state index contributed by atoms with van der Waals surface area (Å²) in [5, 5.41) is 9.20. The molecule has 144 valence electrons. The lowest BCUT2D eigenvalue weighted by molar-refractivity contribution is 0.0269. The van der Waals surface area contributed by atoms with Crippen LogP contribution in [0.1, 0.15) is 26.3 Å². The van der Waals surface area contributed by atoms with Crippen molar-refractivity contribution in [2.24, 2.45) is 0 Å². The Morgan fingerprint density at radius 1 is 1.30 bits per heavy atom. The van der Waals surface area contributed by atoms with Gasteiger partial charge in [-0.05, 0) is 33.3 Å². The first-order chi connectivity index (χ1) is 12.8. The Labute approximate surface area is 157 Å². The average Bonchev–Trinajstić information content (AvgIpc) is 3.21. The van der Waals surface area contributed by atoms with Crippen LogP contribution < -0.4 is 10.5 Å². The van der Waals surface area contributed by atoms with Gasteiger partial charge < -0.3 is 9.64 Å². The molecule has 9 heteroatoms. The maximum absolute atomic E-state index is 12.5. The third kappa shape index (κ3) is 3.46. The van der Waals surface area contributed by atoms with Crippen LogP contribution in [0, 0.1) is 6.92 Å². The highest BCUT2D eigenvalue weighted by atomic mass is 16.5. The number of morpholine rings is 1. The van der Waals surface area contributed by atoms with Crippen molar-refractivity contribution in [3.8, 4) is 0 Å². The first kappa shape index (κ1) is 17.7. The van der Waals surface area contributed by atoms with Crippen molar-refractivity contribution in [2.45, 2.75) is 45.9 Å². The maximum atomic E-state index is 12.5. The first-order valence-electron chi connectivity index (χ1n) is 9.15. The van der Waals surface area contributed by atoms with Gasteiger partial charge >= 0.3 is 0 Å². The number of nitrogens with one attached hydrogen (secondary N) is 1. The molecule has 1 saturated heterocycles. The number of hydrogen-bond donors (Lipinski definition) is 1. The molecule has 0 aromatic carbocycles. The number of ether oxygens (including phenoxy) is 1. The van der Waals surface area contributed by atoms with E-state index in [1.165, 1.54) is 0 Å². The molecular formula is C18H25N7O2. The minimum Gasteiger partial charge on any atom is -0.373 e. The monoisotopic (exact) mass is 371 g/mol. The van der Waals surface area contributed by atoms with Crippen LogP contribution in [0.4, 0.5) is 5.95 Å². The van der Waals surface area contributed by atoms with Crippen molar-refractivity contribution in [1.82, 2.24) is 29.5 Å². The Bertz CT molecular complexity index is 1010. The molecule has 3 aromatic heterocycles. The van der Waals surface area contributed by atoms with Crippen LogP contribution in [-0.2, 0) is 16.8 Å². The summed E-state index contributed by atoms with van der Waals surface area (Å²) in [6, 6.07) is 0. The molecule has 0 spiro atoms. The summed E-state index contributed by atoms with van der Waals surface area (Å²) >= 11 is 0. The van der Waals surface area contributed by atoms with Crippen molar-refractivity contribution in [3.63, 3.8) is 0 Å². The molecule has 27 heavy (non-hydrogen) atoms. The molecule has 1 fully saturated rings. The summed E-state index contributed by atoms with van der Waals surface area (Å²) in [5.41, 5.74) is 1.29. The summed E-state index contributed by atoms with van der Waals surface area (Å²) < 4.78 is 9.57. The largest absolute Gasteiger partial charge is 0.373 e. The number of H-pyrrole nitrogens is 1. The lowest BCUT2D eigenvalue weighted by atomic mass is 10.1. The van der Waals surface area contributed by atoms with E-state index in [2.05, 4.69) is 20.1 Å². The minimum atomic E-state index is -0.259. The van der Waals surface area contributed by atoms with E-state index in [-0.39, 0.29) is 17.2 Å². The van der Waals surface area contributed by atoms with E-state index in [1.807, 2.05) is 44.8 Å². The van der Waals surface area contributed by atoms with E-state index in [9.17, 15) is 4.79 Å². The Kier molecular flexibility index (Phi) is 4.26. The van der Waals surface area contributed by atoms with Gasteiger partial charge in [-0.3, -0.25) is 14.5 Å². The normalized spacial score (nSPS) is 18.4. The van der Waals surface area contributed by atoms with Gasteiger partial charge in [-0.1, -0.05) is 0 Å². The molecule has 1 aliphatic rings. The average molecular weight is 371 g/mol. The van der Waals surface area contributed by atoms with E-state index in [0.717, 1.165) is 5.56 Å². The fourth-order valence-corrected chi connectivity index (χ4v) is 3.35. The van der Waals surface area contributed by atoms with Crippen molar-refractivity contribution in [2.75, 3.05) is 24.6 Å². The van der Waals surface area contributed by atoms with Crippen LogP contribution in [0.3, 0.4) is 0 Å². The molecule has 0 amide bonds. The van der Waals surface area contributed by atoms with Gasteiger partial charge in [-0.2, -0.15) is 15.2 Å². The molecule has 1 aliphatic heterocycles. The van der Waals surface area contributed by atoms with Gasteiger partial charge in [-0.25, -0.2) is 4.68 Å². The Hall–Kier alpha value is -2.68. The molecule has 0 bridgehead atoms. The minimum absolute atomic E-state index is 0.0217. The van der Waals surface area contributed by atoms with Gasteiger partial charge in [0.25, 0.3) is 5.56 Å². The van der Waals surface area contributed by atoms with Gasteiger partial charge in [-0.15, -0.1) is 0 Å². The van der Waals surface area contributed by atoms with Gasteiger partial charge in [0, 0.05) is 19.3 Å². The van der Waals surface area contributed by atoms with Crippen LogP contribution >= 0.6 is 0 Å². The number of aromatic nitrogens is 6. The first-order valence-corrected chi connectivity index (χ1v) is 9.15. The molecule has 1 atom stereocenters. The molecule has 1 unspecified atom stereocenters. The topological polar surface area (TPSA) is 93.9 Å². The summed E-state index contributed by atoms with van der Waals surface area (Å²) in [5.74, 6) is 0.559.